The Bertz CT molecular complexity index is 453. The van der Waals surface area contributed by atoms with Crippen LogP contribution in [0, 0.1) is 17.2 Å². The van der Waals surface area contributed by atoms with Gasteiger partial charge in [-0.2, -0.15) is 0 Å². The Kier molecular flexibility index (Phi) is 6.07. The summed E-state index contributed by atoms with van der Waals surface area (Å²) in [5, 5.41) is 3.84. The van der Waals surface area contributed by atoms with Gasteiger partial charge in [0.25, 0.3) is 0 Å². The molecule has 0 radical (unpaired) electrons. The minimum Gasteiger partial charge on any atom is -0.316 e. The standard InChI is InChI=1S/C18H27ClFN/c1-14(2)12-21-13-18(8-4-3-5-9-18)11-15-6-7-16(19)17(20)10-15/h6-7,10,14,21H,3-5,8-9,11-13H2,1-2H3. The Morgan fingerprint density at radius 2 is 1.95 bits per heavy atom. The van der Waals surface area contributed by atoms with E-state index in [0.29, 0.717) is 5.92 Å². The number of nitrogens with one attached hydrogen (secondary N) is 1. The highest BCUT2D eigenvalue weighted by Gasteiger charge is 2.32. The molecule has 1 aliphatic carbocycles. The van der Waals surface area contributed by atoms with Crippen LogP contribution in [-0.2, 0) is 6.42 Å². The molecule has 1 aromatic rings. The van der Waals surface area contributed by atoms with E-state index in [1.807, 2.05) is 6.07 Å². The van der Waals surface area contributed by atoms with Crippen LogP contribution in [0.15, 0.2) is 18.2 Å². The molecule has 0 aliphatic heterocycles. The number of rotatable bonds is 6. The van der Waals surface area contributed by atoms with Gasteiger partial charge in [0, 0.05) is 6.54 Å². The van der Waals surface area contributed by atoms with Gasteiger partial charge in [-0.1, -0.05) is 50.8 Å². The van der Waals surface area contributed by atoms with Gasteiger partial charge < -0.3 is 5.32 Å². The quantitative estimate of drug-likeness (QED) is 0.759. The summed E-state index contributed by atoms with van der Waals surface area (Å²) >= 11 is 5.79. The van der Waals surface area contributed by atoms with Crippen LogP contribution >= 0.6 is 11.6 Å². The van der Waals surface area contributed by atoms with Crippen molar-refractivity contribution < 1.29 is 4.39 Å². The zero-order valence-electron chi connectivity index (χ0n) is 13.2. The molecule has 0 bridgehead atoms. The molecular formula is C18H27ClFN. The molecule has 2 rings (SSSR count). The zero-order valence-corrected chi connectivity index (χ0v) is 14.0. The lowest BCUT2D eigenvalue weighted by atomic mass is 9.70. The smallest absolute Gasteiger partial charge is 0.142 e. The summed E-state index contributed by atoms with van der Waals surface area (Å²) in [6.07, 6.45) is 7.34. The third-order valence-electron chi connectivity index (χ3n) is 4.53. The molecular weight excluding hydrogens is 285 g/mol. The third-order valence-corrected chi connectivity index (χ3v) is 4.84. The molecule has 1 fully saturated rings. The van der Waals surface area contributed by atoms with Crippen molar-refractivity contribution in [2.24, 2.45) is 11.3 Å². The molecule has 21 heavy (non-hydrogen) atoms. The van der Waals surface area contributed by atoms with Crippen LogP contribution < -0.4 is 5.32 Å². The van der Waals surface area contributed by atoms with Gasteiger partial charge in [-0.3, -0.25) is 0 Å². The van der Waals surface area contributed by atoms with E-state index in [4.69, 9.17) is 11.6 Å². The number of hydrogen-bond donors (Lipinski definition) is 1. The highest BCUT2D eigenvalue weighted by molar-refractivity contribution is 6.30. The molecule has 0 saturated heterocycles. The molecule has 0 heterocycles. The normalized spacial score (nSPS) is 18.1. The Morgan fingerprint density at radius 3 is 2.57 bits per heavy atom. The second kappa shape index (κ2) is 7.60. The van der Waals surface area contributed by atoms with Crippen LogP contribution in [0.25, 0.3) is 0 Å². The summed E-state index contributed by atoms with van der Waals surface area (Å²) < 4.78 is 13.7. The van der Waals surface area contributed by atoms with Gasteiger partial charge >= 0.3 is 0 Å². The molecule has 0 aromatic heterocycles. The fraction of sp³-hybridized carbons (Fsp3) is 0.667. The van der Waals surface area contributed by atoms with E-state index >= 15 is 0 Å². The minimum atomic E-state index is -0.296. The molecule has 0 spiro atoms. The van der Waals surface area contributed by atoms with E-state index in [2.05, 4.69) is 19.2 Å². The SMILES string of the molecule is CC(C)CNCC1(Cc2ccc(Cl)c(F)c2)CCCCC1. The lowest BCUT2D eigenvalue weighted by Crippen LogP contribution is -2.39. The Balaban J connectivity index is 2.05. The monoisotopic (exact) mass is 311 g/mol. The third kappa shape index (κ3) is 4.96. The predicted octanol–water partition coefficient (Wildman–Crippen LogP) is 5.22. The van der Waals surface area contributed by atoms with Crippen LogP contribution in [0.1, 0.15) is 51.5 Å². The van der Waals surface area contributed by atoms with E-state index in [1.165, 1.54) is 32.1 Å². The summed E-state index contributed by atoms with van der Waals surface area (Å²) in [5.41, 5.74) is 1.36. The molecule has 1 aliphatic rings. The lowest BCUT2D eigenvalue weighted by molar-refractivity contribution is 0.179. The van der Waals surface area contributed by atoms with Gasteiger partial charge in [-0.05, 0) is 54.8 Å². The van der Waals surface area contributed by atoms with Gasteiger partial charge in [0.1, 0.15) is 5.82 Å². The number of benzene rings is 1. The maximum absolute atomic E-state index is 13.7. The summed E-state index contributed by atoms with van der Waals surface area (Å²) in [6, 6.07) is 5.27. The molecule has 0 unspecified atom stereocenters. The molecule has 1 aromatic carbocycles. The van der Waals surface area contributed by atoms with Crippen molar-refractivity contribution in [3.63, 3.8) is 0 Å². The first-order valence-electron chi connectivity index (χ1n) is 8.15. The van der Waals surface area contributed by atoms with Crippen molar-refractivity contribution in [2.45, 2.75) is 52.4 Å². The highest BCUT2D eigenvalue weighted by Crippen LogP contribution is 2.39. The Morgan fingerprint density at radius 1 is 1.24 bits per heavy atom. The van der Waals surface area contributed by atoms with E-state index in [0.717, 1.165) is 25.1 Å². The van der Waals surface area contributed by atoms with Crippen LogP contribution in [0.5, 0.6) is 0 Å². The van der Waals surface area contributed by atoms with Crippen LogP contribution in [0.4, 0.5) is 4.39 Å². The van der Waals surface area contributed by atoms with Gasteiger partial charge in [-0.25, -0.2) is 4.39 Å². The molecule has 0 amide bonds. The van der Waals surface area contributed by atoms with Crippen LogP contribution in [-0.4, -0.2) is 13.1 Å². The number of halogens is 2. The maximum Gasteiger partial charge on any atom is 0.142 e. The minimum absolute atomic E-state index is 0.217. The fourth-order valence-corrected chi connectivity index (χ4v) is 3.54. The van der Waals surface area contributed by atoms with Crippen molar-refractivity contribution in [1.29, 1.82) is 0 Å². The van der Waals surface area contributed by atoms with E-state index in [-0.39, 0.29) is 16.3 Å². The van der Waals surface area contributed by atoms with Crippen LogP contribution in [0.3, 0.4) is 0 Å². The average molecular weight is 312 g/mol. The lowest BCUT2D eigenvalue weighted by Gasteiger charge is -2.38. The Hall–Kier alpha value is -0.600. The van der Waals surface area contributed by atoms with Gasteiger partial charge in [0.15, 0.2) is 0 Å². The first-order chi connectivity index (χ1) is 10.0. The first kappa shape index (κ1) is 16.8. The summed E-state index contributed by atoms with van der Waals surface area (Å²) in [4.78, 5) is 0. The van der Waals surface area contributed by atoms with Gasteiger partial charge in [-0.15, -0.1) is 0 Å². The topological polar surface area (TPSA) is 12.0 Å². The van der Waals surface area contributed by atoms with Gasteiger partial charge in [0.2, 0.25) is 0 Å². The summed E-state index contributed by atoms with van der Waals surface area (Å²) in [7, 11) is 0. The second-order valence-corrected chi connectivity index (χ2v) is 7.42. The first-order valence-corrected chi connectivity index (χ1v) is 8.53. The Labute approximate surface area is 133 Å². The highest BCUT2D eigenvalue weighted by atomic mass is 35.5. The van der Waals surface area contributed by atoms with Gasteiger partial charge in [0.05, 0.1) is 5.02 Å². The fourth-order valence-electron chi connectivity index (χ4n) is 3.43. The largest absolute Gasteiger partial charge is 0.316 e. The summed E-state index contributed by atoms with van der Waals surface area (Å²) in [6.45, 7) is 6.55. The van der Waals surface area contributed by atoms with E-state index in [1.54, 1.807) is 12.1 Å². The number of hydrogen-bond acceptors (Lipinski definition) is 1. The molecule has 1 N–H and O–H groups in total. The average Bonchev–Trinajstić information content (AvgIpc) is 2.43. The molecule has 118 valence electrons. The van der Waals surface area contributed by atoms with Crippen molar-refractivity contribution in [3.05, 3.63) is 34.6 Å². The molecule has 1 saturated carbocycles. The van der Waals surface area contributed by atoms with Crippen molar-refractivity contribution in [3.8, 4) is 0 Å². The molecule has 3 heteroatoms. The zero-order chi connectivity index (χ0) is 15.3. The second-order valence-electron chi connectivity index (χ2n) is 7.01. The van der Waals surface area contributed by atoms with E-state index in [9.17, 15) is 4.39 Å². The van der Waals surface area contributed by atoms with Crippen molar-refractivity contribution in [1.82, 2.24) is 5.32 Å². The van der Waals surface area contributed by atoms with Crippen molar-refractivity contribution in [2.75, 3.05) is 13.1 Å². The molecule has 1 nitrogen and oxygen atoms in total. The maximum atomic E-state index is 13.7. The predicted molar refractivity (Wildman–Crippen MR) is 88.3 cm³/mol. The van der Waals surface area contributed by atoms with E-state index < -0.39 is 0 Å². The summed E-state index contributed by atoms with van der Waals surface area (Å²) in [5.74, 6) is 0.369. The van der Waals surface area contributed by atoms with Crippen molar-refractivity contribution >= 4 is 11.6 Å². The van der Waals surface area contributed by atoms with Crippen LogP contribution in [0.2, 0.25) is 5.02 Å². The molecule has 0 atom stereocenters.